The Kier molecular flexibility index (Phi) is 5.91. The number of hydrogen-bond acceptors (Lipinski definition) is 6. The molecule has 0 saturated carbocycles. The van der Waals surface area contributed by atoms with Crippen molar-refractivity contribution >= 4 is 33.1 Å². The summed E-state index contributed by atoms with van der Waals surface area (Å²) in [6.07, 6.45) is 5.51. The number of nitrogens with one attached hydrogen (secondary N) is 1. The zero-order valence-electron chi connectivity index (χ0n) is 19.5. The molecule has 1 aromatic carbocycles. The number of aromatic nitrogens is 3. The molecule has 7 nitrogen and oxygen atoms in total. The van der Waals surface area contributed by atoms with Gasteiger partial charge in [-0.15, -0.1) is 11.3 Å². The van der Waals surface area contributed by atoms with E-state index in [-0.39, 0.29) is 11.5 Å². The number of hydrogen-bond donors (Lipinski definition) is 1. The SMILES string of the molecule is Cc1cccc(Oc2ncccc2NC(=O)c2sc3nc4n(c(=O)c3c2C)CCCCC4)c1C. The van der Waals surface area contributed by atoms with Crippen LogP contribution >= 0.6 is 11.3 Å². The van der Waals surface area contributed by atoms with E-state index in [4.69, 9.17) is 9.72 Å². The van der Waals surface area contributed by atoms with Crippen LogP contribution in [0.5, 0.6) is 11.6 Å². The molecule has 4 heterocycles. The fraction of sp³-hybridized carbons (Fsp3) is 0.308. The quantitative estimate of drug-likeness (QED) is 0.419. The Labute approximate surface area is 201 Å². The highest BCUT2D eigenvalue weighted by Gasteiger charge is 2.23. The maximum absolute atomic E-state index is 13.3. The van der Waals surface area contributed by atoms with Crippen LogP contribution in [-0.2, 0) is 13.0 Å². The van der Waals surface area contributed by atoms with Gasteiger partial charge in [-0.1, -0.05) is 18.6 Å². The number of pyridine rings is 1. The molecule has 0 bridgehead atoms. The Morgan fingerprint density at radius 1 is 1.09 bits per heavy atom. The van der Waals surface area contributed by atoms with E-state index in [1.807, 2.05) is 39.0 Å². The largest absolute Gasteiger partial charge is 0.437 e. The van der Waals surface area contributed by atoms with Gasteiger partial charge in [0.2, 0.25) is 5.88 Å². The first-order chi connectivity index (χ1) is 16.4. The van der Waals surface area contributed by atoms with Gasteiger partial charge in [0.1, 0.15) is 22.1 Å². The zero-order chi connectivity index (χ0) is 23.8. The van der Waals surface area contributed by atoms with Crippen LogP contribution in [0.3, 0.4) is 0 Å². The number of rotatable bonds is 4. The maximum atomic E-state index is 13.3. The minimum atomic E-state index is -0.307. The number of benzene rings is 1. The lowest BCUT2D eigenvalue weighted by Crippen LogP contribution is -2.24. The molecule has 0 radical (unpaired) electrons. The Balaban J connectivity index is 1.48. The highest BCUT2D eigenvalue weighted by molar-refractivity contribution is 7.20. The van der Waals surface area contributed by atoms with Gasteiger partial charge in [0, 0.05) is 19.2 Å². The molecule has 34 heavy (non-hydrogen) atoms. The van der Waals surface area contributed by atoms with E-state index in [2.05, 4.69) is 10.3 Å². The zero-order valence-corrected chi connectivity index (χ0v) is 20.3. The van der Waals surface area contributed by atoms with Crippen LogP contribution in [0.25, 0.3) is 10.2 Å². The highest BCUT2D eigenvalue weighted by Crippen LogP contribution is 2.33. The van der Waals surface area contributed by atoms with E-state index < -0.39 is 0 Å². The van der Waals surface area contributed by atoms with Crippen molar-refractivity contribution < 1.29 is 9.53 Å². The third-order valence-corrected chi connectivity index (χ3v) is 7.58. The van der Waals surface area contributed by atoms with Crippen LogP contribution in [0.1, 0.15) is 51.4 Å². The second kappa shape index (κ2) is 9.02. The first kappa shape index (κ1) is 22.3. The molecular formula is C26H26N4O3S. The molecule has 1 N–H and O–H groups in total. The first-order valence-electron chi connectivity index (χ1n) is 11.5. The number of carbonyl (C=O) groups excluding carboxylic acids is 1. The Hall–Kier alpha value is -3.52. The Morgan fingerprint density at radius 3 is 2.79 bits per heavy atom. The van der Waals surface area contributed by atoms with Gasteiger partial charge in [-0.2, -0.15) is 0 Å². The van der Waals surface area contributed by atoms with Gasteiger partial charge in [-0.05, 0) is 68.5 Å². The van der Waals surface area contributed by atoms with Crippen molar-refractivity contribution in [2.24, 2.45) is 0 Å². The maximum Gasteiger partial charge on any atom is 0.266 e. The van der Waals surface area contributed by atoms with Crippen molar-refractivity contribution in [3.8, 4) is 11.6 Å². The molecule has 0 spiro atoms. The van der Waals surface area contributed by atoms with Crippen molar-refractivity contribution in [1.82, 2.24) is 14.5 Å². The van der Waals surface area contributed by atoms with E-state index in [9.17, 15) is 9.59 Å². The normalized spacial score (nSPS) is 13.4. The van der Waals surface area contributed by atoms with Crippen molar-refractivity contribution in [3.05, 3.63) is 74.3 Å². The van der Waals surface area contributed by atoms with E-state index >= 15 is 0 Å². The fourth-order valence-corrected chi connectivity index (χ4v) is 5.40. The number of aryl methyl sites for hydroxylation is 3. The fourth-order valence-electron chi connectivity index (χ4n) is 4.31. The molecule has 0 unspecified atom stereocenters. The number of nitrogens with zero attached hydrogens (tertiary/aromatic N) is 3. The summed E-state index contributed by atoms with van der Waals surface area (Å²) in [7, 11) is 0. The smallest absolute Gasteiger partial charge is 0.266 e. The summed E-state index contributed by atoms with van der Waals surface area (Å²) in [5.74, 6) is 1.51. The second-order valence-electron chi connectivity index (χ2n) is 8.64. The van der Waals surface area contributed by atoms with E-state index in [0.717, 1.165) is 42.6 Å². The third kappa shape index (κ3) is 3.98. The van der Waals surface area contributed by atoms with Crippen LogP contribution in [-0.4, -0.2) is 20.4 Å². The van der Waals surface area contributed by atoms with E-state index in [1.54, 1.807) is 22.9 Å². The number of ether oxygens (including phenoxy) is 1. The lowest BCUT2D eigenvalue weighted by atomic mass is 10.1. The summed E-state index contributed by atoms with van der Waals surface area (Å²) >= 11 is 1.26. The number of amides is 1. The van der Waals surface area contributed by atoms with Crippen LogP contribution < -0.4 is 15.6 Å². The molecule has 1 amide bonds. The second-order valence-corrected chi connectivity index (χ2v) is 9.64. The van der Waals surface area contributed by atoms with Crippen LogP contribution in [0, 0.1) is 20.8 Å². The van der Waals surface area contributed by atoms with Crippen molar-refractivity contribution in [2.75, 3.05) is 5.32 Å². The molecular weight excluding hydrogens is 448 g/mol. The van der Waals surface area contributed by atoms with Crippen LogP contribution in [0.15, 0.2) is 41.3 Å². The summed E-state index contributed by atoms with van der Waals surface area (Å²) in [5.41, 5.74) is 3.20. The molecule has 4 aromatic rings. The van der Waals surface area contributed by atoms with Crippen LogP contribution in [0.4, 0.5) is 5.69 Å². The Morgan fingerprint density at radius 2 is 1.94 bits per heavy atom. The standard InChI is InChI=1S/C26H26N4O3S/c1-15-9-7-11-19(16(15)2)33-24-18(10-8-13-27-24)28-23(31)22-17(3)21-25(34-22)29-20-12-5-4-6-14-30(20)26(21)32/h7-11,13H,4-6,12,14H2,1-3H3,(H,28,31). The van der Waals surface area contributed by atoms with Gasteiger partial charge in [0.15, 0.2) is 0 Å². The van der Waals surface area contributed by atoms with E-state index in [1.165, 1.54) is 11.3 Å². The number of anilines is 1. The van der Waals surface area contributed by atoms with Crippen molar-refractivity contribution in [3.63, 3.8) is 0 Å². The summed E-state index contributed by atoms with van der Waals surface area (Å²) in [6, 6.07) is 9.32. The minimum absolute atomic E-state index is 0.0463. The molecule has 8 heteroatoms. The van der Waals surface area contributed by atoms with Gasteiger partial charge < -0.3 is 10.1 Å². The van der Waals surface area contributed by atoms with E-state index in [0.29, 0.717) is 44.5 Å². The van der Waals surface area contributed by atoms with Crippen LogP contribution in [0.2, 0.25) is 0 Å². The van der Waals surface area contributed by atoms with Gasteiger partial charge in [0.05, 0.1) is 10.3 Å². The first-order valence-corrected chi connectivity index (χ1v) is 12.3. The summed E-state index contributed by atoms with van der Waals surface area (Å²) in [4.78, 5) is 36.7. The Bertz CT molecular complexity index is 1470. The predicted octanol–water partition coefficient (Wildman–Crippen LogP) is 5.55. The average molecular weight is 475 g/mol. The van der Waals surface area contributed by atoms with Gasteiger partial charge >= 0.3 is 0 Å². The summed E-state index contributed by atoms with van der Waals surface area (Å²) in [5, 5.41) is 3.47. The molecule has 0 fully saturated rings. The molecule has 1 aliphatic heterocycles. The number of carbonyl (C=O) groups is 1. The van der Waals surface area contributed by atoms with Gasteiger partial charge in [0.25, 0.3) is 11.5 Å². The summed E-state index contributed by atoms with van der Waals surface area (Å²) < 4.78 is 7.84. The molecule has 3 aromatic heterocycles. The molecule has 0 atom stereocenters. The molecule has 5 rings (SSSR count). The number of fused-ring (bicyclic) bond motifs is 2. The minimum Gasteiger partial charge on any atom is -0.437 e. The van der Waals surface area contributed by atoms with Crippen molar-refractivity contribution in [2.45, 2.75) is 53.0 Å². The predicted molar refractivity (Wildman–Crippen MR) is 134 cm³/mol. The average Bonchev–Trinajstić information content (AvgIpc) is 2.99. The monoisotopic (exact) mass is 474 g/mol. The third-order valence-electron chi connectivity index (χ3n) is 6.40. The molecule has 1 aliphatic rings. The molecule has 174 valence electrons. The van der Waals surface area contributed by atoms with Crippen molar-refractivity contribution in [1.29, 1.82) is 0 Å². The number of thiophene rings is 1. The lowest BCUT2D eigenvalue weighted by molar-refractivity contribution is 0.102. The summed E-state index contributed by atoms with van der Waals surface area (Å²) in [6.45, 7) is 6.50. The topological polar surface area (TPSA) is 86.1 Å². The van der Waals surface area contributed by atoms with Gasteiger partial charge in [-0.3, -0.25) is 14.2 Å². The highest BCUT2D eigenvalue weighted by atomic mass is 32.1. The molecule has 0 aliphatic carbocycles. The van der Waals surface area contributed by atoms with Gasteiger partial charge in [-0.25, -0.2) is 9.97 Å². The lowest BCUT2D eigenvalue weighted by Gasteiger charge is -2.13. The molecule has 0 saturated heterocycles.